The molecule has 0 aliphatic heterocycles. The smallest absolute Gasteiger partial charge is 0.119 e. The average Bonchev–Trinajstić information content (AvgIpc) is 2.43. The lowest BCUT2D eigenvalue weighted by Crippen LogP contribution is -2.19. The number of aromatic nitrogens is 1. The van der Waals surface area contributed by atoms with E-state index in [0.717, 1.165) is 15.8 Å². The SMILES string of the molecule is CNC(c1cnccc1C)c1cc(OC)ccc1Br. The molecule has 2 aromatic rings. The van der Waals surface area contributed by atoms with Crippen molar-refractivity contribution in [1.82, 2.24) is 10.3 Å². The van der Waals surface area contributed by atoms with Crippen molar-refractivity contribution in [3.8, 4) is 5.75 Å². The highest BCUT2D eigenvalue weighted by atomic mass is 79.9. The molecule has 0 spiro atoms. The number of hydrogen-bond donors (Lipinski definition) is 1. The lowest BCUT2D eigenvalue weighted by molar-refractivity contribution is 0.413. The number of ether oxygens (including phenoxy) is 1. The molecule has 0 saturated carbocycles. The number of benzene rings is 1. The highest BCUT2D eigenvalue weighted by molar-refractivity contribution is 9.10. The minimum Gasteiger partial charge on any atom is -0.497 e. The van der Waals surface area contributed by atoms with Crippen LogP contribution in [0.1, 0.15) is 22.7 Å². The van der Waals surface area contributed by atoms with E-state index in [1.54, 1.807) is 7.11 Å². The predicted molar refractivity (Wildman–Crippen MR) is 80.6 cm³/mol. The van der Waals surface area contributed by atoms with Crippen LogP contribution >= 0.6 is 15.9 Å². The Hall–Kier alpha value is -1.39. The molecule has 2 rings (SSSR count). The first-order valence-corrected chi connectivity index (χ1v) is 6.88. The number of aryl methyl sites for hydroxylation is 1. The van der Waals surface area contributed by atoms with Crippen molar-refractivity contribution in [2.75, 3.05) is 14.2 Å². The zero-order valence-electron chi connectivity index (χ0n) is 11.3. The highest BCUT2D eigenvalue weighted by Gasteiger charge is 2.17. The Labute approximate surface area is 122 Å². The molecule has 1 N–H and O–H groups in total. The van der Waals surface area contributed by atoms with E-state index in [1.807, 2.05) is 43.7 Å². The first-order valence-electron chi connectivity index (χ1n) is 6.08. The van der Waals surface area contributed by atoms with Gasteiger partial charge in [-0.25, -0.2) is 0 Å². The molecule has 19 heavy (non-hydrogen) atoms. The summed E-state index contributed by atoms with van der Waals surface area (Å²) in [5.41, 5.74) is 3.51. The third-order valence-corrected chi connectivity index (χ3v) is 3.92. The molecule has 0 bridgehead atoms. The van der Waals surface area contributed by atoms with E-state index in [9.17, 15) is 0 Å². The summed E-state index contributed by atoms with van der Waals surface area (Å²) in [4.78, 5) is 4.23. The first kappa shape index (κ1) is 14.0. The fraction of sp³-hybridized carbons (Fsp3) is 0.267. The molecule has 1 aromatic heterocycles. The van der Waals surface area contributed by atoms with Crippen LogP contribution in [0.25, 0.3) is 0 Å². The van der Waals surface area contributed by atoms with Gasteiger partial charge in [-0.2, -0.15) is 0 Å². The van der Waals surface area contributed by atoms with Crippen molar-refractivity contribution >= 4 is 15.9 Å². The van der Waals surface area contributed by atoms with Gasteiger partial charge in [-0.1, -0.05) is 15.9 Å². The Morgan fingerprint density at radius 2 is 2.05 bits per heavy atom. The summed E-state index contributed by atoms with van der Waals surface area (Å²) in [5.74, 6) is 0.847. The molecule has 0 aliphatic rings. The second-order valence-corrected chi connectivity index (χ2v) is 5.20. The second-order valence-electron chi connectivity index (χ2n) is 4.34. The number of rotatable bonds is 4. The number of nitrogens with one attached hydrogen (secondary N) is 1. The van der Waals surface area contributed by atoms with Crippen molar-refractivity contribution in [3.05, 3.63) is 57.8 Å². The second kappa shape index (κ2) is 6.17. The number of hydrogen-bond acceptors (Lipinski definition) is 3. The Balaban J connectivity index is 2.51. The Morgan fingerprint density at radius 1 is 1.26 bits per heavy atom. The van der Waals surface area contributed by atoms with Crippen molar-refractivity contribution in [2.24, 2.45) is 0 Å². The predicted octanol–water partition coefficient (Wildman–Crippen LogP) is 3.47. The summed E-state index contributed by atoms with van der Waals surface area (Å²) in [7, 11) is 3.62. The molecule has 100 valence electrons. The maximum Gasteiger partial charge on any atom is 0.119 e. The summed E-state index contributed by atoms with van der Waals surface area (Å²) >= 11 is 3.61. The van der Waals surface area contributed by atoms with E-state index in [2.05, 4.69) is 33.2 Å². The largest absolute Gasteiger partial charge is 0.497 e. The van der Waals surface area contributed by atoms with Gasteiger partial charge in [0.1, 0.15) is 5.75 Å². The molecular formula is C15H17BrN2O. The Morgan fingerprint density at radius 3 is 2.68 bits per heavy atom. The number of nitrogens with zero attached hydrogens (tertiary/aromatic N) is 1. The molecule has 1 atom stereocenters. The Bertz CT molecular complexity index is 572. The summed E-state index contributed by atoms with van der Waals surface area (Å²) in [6, 6.07) is 8.09. The standard InChI is InChI=1S/C15H17BrN2O/c1-10-6-7-18-9-13(10)15(17-2)12-8-11(19-3)4-5-14(12)16/h4-9,15,17H,1-3H3. The minimum absolute atomic E-state index is 0.0816. The monoisotopic (exact) mass is 320 g/mol. The molecule has 0 amide bonds. The summed E-state index contributed by atoms with van der Waals surface area (Å²) in [5, 5.41) is 3.34. The fourth-order valence-corrected chi connectivity index (χ4v) is 2.60. The topological polar surface area (TPSA) is 34.2 Å². The highest BCUT2D eigenvalue weighted by Crippen LogP contribution is 2.32. The average molecular weight is 321 g/mol. The molecule has 1 heterocycles. The van der Waals surface area contributed by atoms with E-state index in [4.69, 9.17) is 4.74 Å². The van der Waals surface area contributed by atoms with Gasteiger partial charge >= 0.3 is 0 Å². The first-order chi connectivity index (χ1) is 9.17. The van der Waals surface area contributed by atoms with Gasteiger partial charge in [-0.15, -0.1) is 0 Å². The molecule has 1 unspecified atom stereocenters. The van der Waals surface area contributed by atoms with E-state index in [0.29, 0.717) is 0 Å². The molecule has 0 saturated heterocycles. The lowest BCUT2D eigenvalue weighted by Gasteiger charge is -2.20. The van der Waals surface area contributed by atoms with Crippen molar-refractivity contribution in [2.45, 2.75) is 13.0 Å². The van der Waals surface area contributed by atoms with Crippen molar-refractivity contribution in [3.63, 3.8) is 0 Å². The normalized spacial score (nSPS) is 12.2. The summed E-state index contributed by atoms with van der Waals surface area (Å²) in [6.45, 7) is 2.09. The van der Waals surface area contributed by atoms with E-state index >= 15 is 0 Å². The van der Waals surface area contributed by atoms with Crippen LogP contribution in [0, 0.1) is 6.92 Å². The lowest BCUT2D eigenvalue weighted by atomic mass is 9.97. The van der Waals surface area contributed by atoms with E-state index in [1.165, 1.54) is 11.1 Å². The van der Waals surface area contributed by atoms with Crippen LogP contribution in [-0.2, 0) is 0 Å². The molecule has 3 nitrogen and oxygen atoms in total. The van der Waals surface area contributed by atoms with Crippen LogP contribution in [0.2, 0.25) is 0 Å². The van der Waals surface area contributed by atoms with Gasteiger partial charge in [-0.3, -0.25) is 4.98 Å². The quantitative estimate of drug-likeness (QED) is 0.936. The Kier molecular flexibility index (Phi) is 4.56. The molecule has 1 aromatic carbocycles. The number of methoxy groups -OCH3 is 1. The van der Waals surface area contributed by atoms with Crippen molar-refractivity contribution < 1.29 is 4.74 Å². The maximum atomic E-state index is 5.31. The zero-order valence-corrected chi connectivity index (χ0v) is 12.9. The van der Waals surface area contributed by atoms with Gasteiger partial charge in [0.05, 0.1) is 13.2 Å². The molecular weight excluding hydrogens is 304 g/mol. The molecule has 0 fully saturated rings. The van der Waals surface area contributed by atoms with Gasteiger partial charge in [0, 0.05) is 16.9 Å². The van der Waals surface area contributed by atoms with Gasteiger partial charge in [-0.05, 0) is 54.9 Å². The number of pyridine rings is 1. The molecule has 4 heteroatoms. The van der Waals surface area contributed by atoms with Crippen LogP contribution in [-0.4, -0.2) is 19.1 Å². The fourth-order valence-electron chi connectivity index (χ4n) is 2.13. The maximum absolute atomic E-state index is 5.31. The number of halogens is 1. The summed E-state index contributed by atoms with van der Waals surface area (Å²) < 4.78 is 6.36. The van der Waals surface area contributed by atoms with Crippen LogP contribution in [0.4, 0.5) is 0 Å². The summed E-state index contributed by atoms with van der Waals surface area (Å²) in [6.07, 6.45) is 3.72. The van der Waals surface area contributed by atoms with Gasteiger partial charge < -0.3 is 10.1 Å². The van der Waals surface area contributed by atoms with Gasteiger partial charge in [0.15, 0.2) is 0 Å². The van der Waals surface area contributed by atoms with Gasteiger partial charge in [0.2, 0.25) is 0 Å². The molecule has 0 radical (unpaired) electrons. The molecule has 0 aliphatic carbocycles. The third-order valence-electron chi connectivity index (χ3n) is 3.19. The van der Waals surface area contributed by atoms with Crippen LogP contribution in [0.5, 0.6) is 5.75 Å². The minimum atomic E-state index is 0.0816. The van der Waals surface area contributed by atoms with Crippen LogP contribution in [0.3, 0.4) is 0 Å². The van der Waals surface area contributed by atoms with E-state index < -0.39 is 0 Å². The van der Waals surface area contributed by atoms with E-state index in [-0.39, 0.29) is 6.04 Å². The van der Waals surface area contributed by atoms with Crippen LogP contribution in [0.15, 0.2) is 41.1 Å². The van der Waals surface area contributed by atoms with Crippen molar-refractivity contribution in [1.29, 1.82) is 0 Å². The van der Waals surface area contributed by atoms with Crippen LogP contribution < -0.4 is 10.1 Å². The van der Waals surface area contributed by atoms with Gasteiger partial charge in [0.25, 0.3) is 0 Å². The zero-order chi connectivity index (χ0) is 13.8. The third kappa shape index (κ3) is 2.96.